The number of benzene rings is 3. The van der Waals surface area contributed by atoms with Crippen LogP contribution in [0.4, 0.5) is 5.69 Å². The number of hydrogen-bond acceptors (Lipinski definition) is 3. The number of nitrogens with zero attached hydrogens (tertiary/aromatic N) is 1. The van der Waals surface area contributed by atoms with E-state index in [1.54, 1.807) is 42.5 Å². The molecule has 0 saturated carbocycles. The molecule has 0 radical (unpaired) electrons. The van der Waals surface area contributed by atoms with Crippen LogP contribution in [0.5, 0.6) is 0 Å². The predicted molar refractivity (Wildman–Crippen MR) is 146 cm³/mol. The zero-order valence-electron chi connectivity index (χ0n) is 21.1. The monoisotopic (exact) mass is 524 g/mol. The zero-order valence-corrected chi connectivity index (χ0v) is 22.6. The van der Waals surface area contributed by atoms with Gasteiger partial charge in [-0.05, 0) is 92.5 Å². The van der Waals surface area contributed by atoms with Crippen LogP contribution in [0.3, 0.4) is 0 Å². The van der Waals surface area contributed by atoms with Crippen molar-refractivity contribution in [3.8, 4) is 0 Å². The van der Waals surface area contributed by atoms with Gasteiger partial charge in [0.15, 0.2) is 0 Å². The highest BCUT2D eigenvalue weighted by Gasteiger charge is 2.28. The van der Waals surface area contributed by atoms with Crippen LogP contribution >= 0.6 is 11.6 Å². The van der Waals surface area contributed by atoms with E-state index >= 15 is 0 Å². The Morgan fingerprint density at radius 2 is 1.67 bits per heavy atom. The van der Waals surface area contributed by atoms with E-state index in [0.29, 0.717) is 17.1 Å². The predicted octanol–water partition coefficient (Wildman–Crippen LogP) is 6.30. The second-order valence-electron chi connectivity index (χ2n) is 9.52. The van der Waals surface area contributed by atoms with Gasteiger partial charge in [0.2, 0.25) is 5.91 Å². The Kier molecular flexibility index (Phi) is 8.06. The molecule has 0 spiro atoms. The summed E-state index contributed by atoms with van der Waals surface area (Å²) in [5.41, 5.74) is 5.92. The summed E-state index contributed by atoms with van der Waals surface area (Å²) in [5, 5.41) is 3.51. The lowest BCUT2D eigenvalue weighted by molar-refractivity contribution is -0.120. The number of nitrogens with one attached hydrogen (secondary N) is 1. The summed E-state index contributed by atoms with van der Waals surface area (Å²) in [6.45, 7) is 5.41. The molecule has 0 bridgehead atoms. The lowest BCUT2D eigenvalue weighted by Crippen LogP contribution is -2.42. The highest BCUT2D eigenvalue weighted by molar-refractivity contribution is 7.92. The van der Waals surface area contributed by atoms with Crippen LogP contribution in [0, 0.1) is 13.8 Å². The summed E-state index contributed by atoms with van der Waals surface area (Å²) in [5.74, 6) is -0.369. The van der Waals surface area contributed by atoms with Crippen LogP contribution in [-0.2, 0) is 27.7 Å². The summed E-state index contributed by atoms with van der Waals surface area (Å²) in [6.07, 6.45) is 5.26. The number of carbonyl (C=O) groups is 1. The molecule has 5 nitrogen and oxygen atoms in total. The fourth-order valence-electron chi connectivity index (χ4n) is 4.65. The van der Waals surface area contributed by atoms with E-state index in [1.165, 1.54) is 24.0 Å². The van der Waals surface area contributed by atoms with Crippen molar-refractivity contribution in [1.82, 2.24) is 5.32 Å². The number of carbonyl (C=O) groups excluding carboxylic acids is 1. The normalized spacial score (nSPS) is 14.1. The Labute approximate surface area is 219 Å². The number of anilines is 1. The third-order valence-corrected chi connectivity index (χ3v) is 9.05. The Hall–Kier alpha value is -2.83. The average Bonchev–Trinajstić information content (AvgIpc) is 2.87. The van der Waals surface area contributed by atoms with Crippen molar-refractivity contribution in [3.05, 3.63) is 93.5 Å². The van der Waals surface area contributed by atoms with Gasteiger partial charge in [0.25, 0.3) is 10.0 Å². The maximum atomic E-state index is 13.7. The first-order valence-electron chi connectivity index (χ1n) is 12.5. The van der Waals surface area contributed by atoms with E-state index in [-0.39, 0.29) is 23.4 Å². The van der Waals surface area contributed by atoms with Gasteiger partial charge < -0.3 is 5.32 Å². The summed E-state index contributed by atoms with van der Waals surface area (Å²) in [7, 11) is -4.00. The average molecular weight is 525 g/mol. The van der Waals surface area contributed by atoms with Gasteiger partial charge in [-0.15, -0.1) is 0 Å². The van der Waals surface area contributed by atoms with Gasteiger partial charge in [-0.2, -0.15) is 0 Å². The quantitative estimate of drug-likeness (QED) is 0.376. The highest BCUT2D eigenvalue weighted by Crippen LogP contribution is 2.29. The van der Waals surface area contributed by atoms with Gasteiger partial charge in [-0.1, -0.05) is 60.5 Å². The van der Waals surface area contributed by atoms with Gasteiger partial charge in [-0.25, -0.2) is 8.42 Å². The van der Waals surface area contributed by atoms with Crippen LogP contribution in [-0.4, -0.2) is 20.9 Å². The summed E-state index contributed by atoms with van der Waals surface area (Å²) in [6, 6.07) is 17.9. The first-order chi connectivity index (χ1) is 17.2. The van der Waals surface area contributed by atoms with Crippen LogP contribution < -0.4 is 9.62 Å². The molecule has 7 heteroatoms. The number of rotatable bonds is 8. The Morgan fingerprint density at radius 3 is 2.33 bits per heavy atom. The second kappa shape index (κ2) is 11.1. The minimum atomic E-state index is -4.00. The third-order valence-electron chi connectivity index (χ3n) is 6.86. The largest absolute Gasteiger partial charge is 0.348 e. The number of sulfonamides is 1. The summed E-state index contributed by atoms with van der Waals surface area (Å²) >= 11 is 6.33. The van der Waals surface area contributed by atoms with E-state index < -0.39 is 10.0 Å². The molecule has 0 saturated heterocycles. The Bertz CT molecular complexity index is 1350. The minimum absolute atomic E-state index is 0.124. The standard InChI is InChI=1S/C29H33ClN2O3S/c1-4-28(24-13-12-22-7-5-6-8-23(22)17-24)31-29(33)19-32(25-14-11-21(3)27(30)18-25)36(34,35)26-15-9-20(2)10-16-26/h9-18,28H,4-8,19H2,1-3H3,(H,31,33). The number of hydrogen-bond donors (Lipinski definition) is 1. The molecule has 1 N–H and O–H groups in total. The first-order valence-corrected chi connectivity index (χ1v) is 14.3. The molecule has 1 unspecified atom stereocenters. The zero-order chi connectivity index (χ0) is 25.9. The van der Waals surface area contributed by atoms with Crippen molar-refractivity contribution in [2.75, 3.05) is 10.8 Å². The molecule has 3 aromatic rings. The molecule has 1 atom stereocenters. The van der Waals surface area contributed by atoms with Crippen LogP contribution in [0.25, 0.3) is 0 Å². The lowest BCUT2D eigenvalue weighted by atomic mass is 9.89. The Balaban J connectivity index is 1.62. The van der Waals surface area contributed by atoms with Crippen molar-refractivity contribution in [2.45, 2.75) is 63.8 Å². The molecule has 1 aliphatic rings. The van der Waals surface area contributed by atoms with Gasteiger partial charge in [0.05, 0.1) is 16.6 Å². The number of fused-ring (bicyclic) bond motifs is 1. The molecule has 0 aromatic heterocycles. The summed E-state index contributed by atoms with van der Waals surface area (Å²) < 4.78 is 28.5. The van der Waals surface area contributed by atoms with Crippen LogP contribution in [0.1, 0.15) is 60.0 Å². The maximum absolute atomic E-state index is 13.7. The molecular weight excluding hydrogens is 492 g/mol. The lowest BCUT2D eigenvalue weighted by Gasteiger charge is -2.26. The van der Waals surface area contributed by atoms with Crippen molar-refractivity contribution in [2.24, 2.45) is 0 Å². The molecule has 0 fully saturated rings. The molecule has 3 aromatic carbocycles. The van der Waals surface area contributed by atoms with Crippen molar-refractivity contribution < 1.29 is 13.2 Å². The molecule has 0 aliphatic heterocycles. The van der Waals surface area contributed by atoms with E-state index in [1.807, 2.05) is 20.8 Å². The molecule has 36 heavy (non-hydrogen) atoms. The molecular formula is C29H33ClN2O3S. The van der Waals surface area contributed by atoms with Crippen molar-refractivity contribution in [3.63, 3.8) is 0 Å². The first kappa shape index (κ1) is 26.2. The van der Waals surface area contributed by atoms with Gasteiger partial charge >= 0.3 is 0 Å². The van der Waals surface area contributed by atoms with Crippen molar-refractivity contribution >= 4 is 33.2 Å². The summed E-state index contributed by atoms with van der Waals surface area (Å²) in [4.78, 5) is 13.4. The molecule has 1 amide bonds. The fourth-order valence-corrected chi connectivity index (χ4v) is 6.24. The Morgan fingerprint density at radius 1 is 0.972 bits per heavy atom. The second-order valence-corrected chi connectivity index (χ2v) is 11.8. The maximum Gasteiger partial charge on any atom is 0.264 e. The molecule has 1 aliphatic carbocycles. The number of halogens is 1. The van der Waals surface area contributed by atoms with Gasteiger partial charge in [0.1, 0.15) is 6.54 Å². The van der Waals surface area contributed by atoms with E-state index in [9.17, 15) is 13.2 Å². The van der Waals surface area contributed by atoms with E-state index in [2.05, 4.69) is 23.5 Å². The smallest absolute Gasteiger partial charge is 0.264 e. The SMILES string of the molecule is CCC(NC(=O)CN(c1ccc(C)c(Cl)c1)S(=O)(=O)c1ccc(C)cc1)c1ccc2c(c1)CCCC2. The van der Waals surface area contributed by atoms with Crippen LogP contribution in [0.15, 0.2) is 65.6 Å². The number of amides is 1. The van der Waals surface area contributed by atoms with Crippen molar-refractivity contribution in [1.29, 1.82) is 0 Å². The van der Waals surface area contributed by atoms with E-state index in [0.717, 1.165) is 33.8 Å². The van der Waals surface area contributed by atoms with Crippen LogP contribution in [0.2, 0.25) is 5.02 Å². The third kappa shape index (κ3) is 5.76. The van der Waals surface area contributed by atoms with Gasteiger partial charge in [-0.3, -0.25) is 9.10 Å². The number of aryl methyl sites for hydroxylation is 4. The minimum Gasteiger partial charge on any atom is -0.348 e. The molecule has 4 rings (SSSR count). The topological polar surface area (TPSA) is 66.5 Å². The fraction of sp³-hybridized carbons (Fsp3) is 0.345. The van der Waals surface area contributed by atoms with E-state index in [4.69, 9.17) is 11.6 Å². The molecule has 0 heterocycles. The molecule has 190 valence electrons. The highest BCUT2D eigenvalue weighted by atomic mass is 35.5. The van der Waals surface area contributed by atoms with Gasteiger partial charge in [0, 0.05) is 5.02 Å².